The zero-order chi connectivity index (χ0) is 12.5. The van der Waals surface area contributed by atoms with Crippen LogP contribution < -0.4 is 5.32 Å². The highest BCUT2D eigenvalue weighted by Crippen LogP contribution is 2.23. The number of rotatable bonds is 8. The summed E-state index contributed by atoms with van der Waals surface area (Å²) in [5.74, 6) is 0. The molecular formula is C13H20BrNO2. The van der Waals surface area contributed by atoms with Gasteiger partial charge in [-0.15, -0.1) is 0 Å². The summed E-state index contributed by atoms with van der Waals surface area (Å²) in [5, 5.41) is 3.40. The van der Waals surface area contributed by atoms with E-state index in [2.05, 4.69) is 34.2 Å². The zero-order valence-electron chi connectivity index (χ0n) is 10.5. The summed E-state index contributed by atoms with van der Waals surface area (Å²) < 4.78 is 11.4. The van der Waals surface area contributed by atoms with Crippen molar-refractivity contribution in [3.63, 3.8) is 0 Å². The SMILES string of the molecule is COCCOCCCNc1cccc(Br)c1C. The molecule has 0 bridgehead atoms. The van der Waals surface area contributed by atoms with Crippen molar-refractivity contribution in [2.75, 3.05) is 38.8 Å². The highest BCUT2D eigenvalue weighted by molar-refractivity contribution is 9.10. The number of benzene rings is 1. The van der Waals surface area contributed by atoms with Crippen molar-refractivity contribution in [2.45, 2.75) is 13.3 Å². The standard InChI is InChI=1S/C13H20BrNO2/c1-11-12(14)5-3-6-13(11)15-7-4-8-17-10-9-16-2/h3,5-6,15H,4,7-10H2,1-2H3. The van der Waals surface area contributed by atoms with Crippen LogP contribution in [0.15, 0.2) is 22.7 Å². The van der Waals surface area contributed by atoms with E-state index in [9.17, 15) is 0 Å². The summed E-state index contributed by atoms with van der Waals surface area (Å²) in [7, 11) is 1.68. The van der Waals surface area contributed by atoms with E-state index in [1.165, 1.54) is 11.3 Å². The molecule has 0 aromatic heterocycles. The molecule has 0 amide bonds. The maximum atomic E-state index is 5.39. The first-order chi connectivity index (χ1) is 8.25. The molecule has 0 aliphatic heterocycles. The number of nitrogens with one attached hydrogen (secondary N) is 1. The second-order valence-electron chi connectivity index (χ2n) is 3.80. The predicted octanol–water partition coefficient (Wildman–Crippen LogP) is 3.22. The van der Waals surface area contributed by atoms with Crippen molar-refractivity contribution >= 4 is 21.6 Å². The van der Waals surface area contributed by atoms with Gasteiger partial charge in [-0.25, -0.2) is 0 Å². The van der Waals surface area contributed by atoms with Crippen molar-refractivity contribution < 1.29 is 9.47 Å². The van der Waals surface area contributed by atoms with Crippen molar-refractivity contribution in [2.24, 2.45) is 0 Å². The molecule has 4 heteroatoms. The summed E-state index contributed by atoms with van der Waals surface area (Å²) >= 11 is 3.52. The van der Waals surface area contributed by atoms with Crippen LogP contribution in [0.25, 0.3) is 0 Å². The van der Waals surface area contributed by atoms with Crippen LogP contribution >= 0.6 is 15.9 Å². The Bertz CT molecular complexity index is 331. The molecule has 1 rings (SSSR count). The van der Waals surface area contributed by atoms with Gasteiger partial charge >= 0.3 is 0 Å². The lowest BCUT2D eigenvalue weighted by atomic mass is 10.2. The smallest absolute Gasteiger partial charge is 0.0700 e. The Morgan fingerprint density at radius 1 is 1.24 bits per heavy atom. The highest BCUT2D eigenvalue weighted by atomic mass is 79.9. The summed E-state index contributed by atoms with van der Waals surface area (Å²) in [6.07, 6.45) is 0.996. The highest BCUT2D eigenvalue weighted by Gasteiger charge is 2.00. The van der Waals surface area contributed by atoms with Crippen molar-refractivity contribution in [1.29, 1.82) is 0 Å². The quantitative estimate of drug-likeness (QED) is 0.748. The van der Waals surface area contributed by atoms with Crippen LogP contribution in [0.2, 0.25) is 0 Å². The molecular weight excluding hydrogens is 282 g/mol. The fourth-order valence-electron chi connectivity index (χ4n) is 1.44. The normalized spacial score (nSPS) is 10.5. The molecule has 0 fully saturated rings. The molecule has 0 saturated carbocycles. The van der Waals surface area contributed by atoms with E-state index in [4.69, 9.17) is 9.47 Å². The van der Waals surface area contributed by atoms with Crippen LogP contribution in [0.5, 0.6) is 0 Å². The molecule has 17 heavy (non-hydrogen) atoms. The first kappa shape index (κ1) is 14.5. The summed E-state index contributed by atoms with van der Waals surface area (Å²) in [6, 6.07) is 6.18. The largest absolute Gasteiger partial charge is 0.385 e. The van der Waals surface area contributed by atoms with Gasteiger partial charge in [0.1, 0.15) is 0 Å². The maximum absolute atomic E-state index is 5.39. The van der Waals surface area contributed by atoms with E-state index in [0.29, 0.717) is 13.2 Å². The van der Waals surface area contributed by atoms with Crippen molar-refractivity contribution in [3.8, 4) is 0 Å². The average molecular weight is 302 g/mol. The fourth-order valence-corrected chi connectivity index (χ4v) is 1.81. The van der Waals surface area contributed by atoms with Gasteiger partial charge in [0, 0.05) is 30.4 Å². The van der Waals surface area contributed by atoms with Crippen LogP contribution in [0, 0.1) is 6.92 Å². The molecule has 96 valence electrons. The Kier molecular flexibility index (Phi) is 7.24. The Morgan fingerprint density at radius 3 is 2.82 bits per heavy atom. The number of anilines is 1. The van der Waals surface area contributed by atoms with E-state index in [1.807, 2.05) is 12.1 Å². The first-order valence-corrected chi connectivity index (χ1v) is 6.60. The Labute approximate surface area is 112 Å². The minimum absolute atomic E-state index is 0.665. The molecule has 1 aromatic carbocycles. The van der Waals surface area contributed by atoms with Gasteiger partial charge in [0.15, 0.2) is 0 Å². The molecule has 1 N–H and O–H groups in total. The van der Waals surface area contributed by atoms with Crippen molar-refractivity contribution in [1.82, 2.24) is 0 Å². The minimum Gasteiger partial charge on any atom is -0.385 e. The van der Waals surface area contributed by atoms with Crippen molar-refractivity contribution in [3.05, 3.63) is 28.2 Å². The van der Waals surface area contributed by atoms with Gasteiger partial charge in [0.2, 0.25) is 0 Å². The Hall–Kier alpha value is -0.580. The molecule has 0 radical (unpaired) electrons. The second-order valence-corrected chi connectivity index (χ2v) is 4.65. The third kappa shape index (κ3) is 5.52. The lowest BCUT2D eigenvalue weighted by Crippen LogP contribution is -2.09. The van der Waals surface area contributed by atoms with Gasteiger partial charge in [-0.3, -0.25) is 0 Å². The van der Waals surface area contributed by atoms with E-state index >= 15 is 0 Å². The summed E-state index contributed by atoms with van der Waals surface area (Å²) in [4.78, 5) is 0. The van der Waals surface area contributed by atoms with Gasteiger partial charge in [-0.2, -0.15) is 0 Å². The van der Waals surface area contributed by atoms with E-state index in [1.54, 1.807) is 7.11 Å². The molecule has 0 spiro atoms. The minimum atomic E-state index is 0.665. The molecule has 0 unspecified atom stereocenters. The predicted molar refractivity (Wildman–Crippen MR) is 74.7 cm³/mol. The van der Waals surface area contributed by atoms with Crippen LogP contribution in [0.3, 0.4) is 0 Å². The van der Waals surface area contributed by atoms with Gasteiger partial charge in [-0.05, 0) is 31.0 Å². The van der Waals surface area contributed by atoms with Crippen LogP contribution in [0.4, 0.5) is 5.69 Å². The average Bonchev–Trinajstić information content (AvgIpc) is 2.33. The van der Waals surface area contributed by atoms with Crippen LogP contribution in [0.1, 0.15) is 12.0 Å². The molecule has 1 aromatic rings. The maximum Gasteiger partial charge on any atom is 0.0700 e. The van der Waals surface area contributed by atoms with E-state index in [-0.39, 0.29) is 0 Å². The van der Waals surface area contributed by atoms with Crippen LogP contribution in [-0.2, 0) is 9.47 Å². The number of halogens is 1. The molecule has 0 atom stereocenters. The third-order valence-corrected chi connectivity index (χ3v) is 3.34. The Balaban J connectivity index is 2.16. The fraction of sp³-hybridized carbons (Fsp3) is 0.538. The Morgan fingerprint density at radius 2 is 2.06 bits per heavy atom. The molecule has 0 saturated heterocycles. The van der Waals surface area contributed by atoms with E-state index < -0.39 is 0 Å². The van der Waals surface area contributed by atoms with Gasteiger partial charge in [0.05, 0.1) is 13.2 Å². The summed E-state index contributed by atoms with van der Waals surface area (Å²) in [5.41, 5.74) is 2.42. The second kappa shape index (κ2) is 8.50. The van der Waals surface area contributed by atoms with E-state index in [0.717, 1.165) is 24.0 Å². The topological polar surface area (TPSA) is 30.5 Å². The molecule has 0 heterocycles. The molecule has 3 nitrogen and oxygen atoms in total. The first-order valence-electron chi connectivity index (χ1n) is 5.81. The van der Waals surface area contributed by atoms with Gasteiger partial charge < -0.3 is 14.8 Å². The van der Waals surface area contributed by atoms with Crippen LogP contribution in [-0.4, -0.2) is 33.5 Å². The summed E-state index contributed by atoms with van der Waals surface area (Å²) in [6.45, 7) is 5.12. The number of hydrogen-bond donors (Lipinski definition) is 1. The number of ether oxygens (including phenoxy) is 2. The molecule has 0 aliphatic rings. The lowest BCUT2D eigenvalue weighted by molar-refractivity contribution is 0.0705. The number of hydrogen-bond acceptors (Lipinski definition) is 3. The van der Waals surface area contributed by atoms with Gasteiger partial charge in [0.25, 0.3) is 0 Å². The lowest BCUT2D eigenvalue weighted by Gasteiger charge is -2.10. The zero-order valence-corrected chi connectivity index (χ0v) is 12.0. The molecule has 0 aliphatic carbocycles. The number of methoxy groups -OCH3 is 1. The van der Waals surface area contributed by atoms with Gasteiger partial charge in [-0.1, -0.05) is 22.0 Å². The third-order valence-electron chi connectivity index (χ3n) is 2.48. The monoisotopic (exact) mass is 301 g/mol.